The average Bonchev–Trinajstić information content (AvgIpc) is 3.11. The molecule has 1 aliphatic heterocycles. The molecule has 1 saturated heterocycles. The summed E-state index contributed by atoms with van der Waals surface area (Å²) in [5.74, 6) is 0.243. The molecule has 2 aromatic rings. The van der Waals surface area contributed by atoms with E-state index in [4.69, 9.17) is 5.73 Å². The molecule has 1 heterocycles. The fraction of sp³-hybridized carbons (Fsp3) is 0.368. The first-order valence-corrected chi connectivity index (χ1v) is 8.05. The van der Waals surface area contributed by atoms with Gasteiger partial charge in [-0.05, 0) is 41.7 Å². The Bertz CT molecular complexity index is 670. The Labute approximate surface area is 130 Å². The van der Waals surface area contributed by atoms with Crippen molar-refractivity contribution in [1.29, 1.82) is 0 Å². The SMILES string of the molecule is N[C@@H]1CN(C2CCc3ccc(F)cc32)C[C@H]1c1ccccc1. The van der Waals surface area contributed by atoms with E-state index in [-0.39, 0.29) is 11.9 Å². The van der Waals surface area contributed by atoms with Gasteiger partial charge in [-0.15, -0.1) is 0 Å². The first-order chi connectivity index (χ1) is 10.7. The van der Waals surface area contributed by atoms with Gasteiger partial charge in [0.1, 0.15) is 5.82 Å². The lowest BCUT2D eigenvalue weighted by atomic mass is 9.95. The van der Waals surface area contributed by atoms with Crippen LogP contribution in [0.3, 0.4) is 0 Å². The van der Waals surface area contributed by atoms with Crippen molar-refractivity contribution in [2.24, 2.45) is 5.73 Å². The van der Waals surface area contributed by atoms with Crippen LogP contribution in [-0.4, -0.2) is 24.0 Å². The number of nitrogens with two attached hydrogens (primary N) is 1. The quantitative estimate of drug-likeness (QED) is 0.922. The van der Waals surface area contributed by atoms with Gasteiger partial charge in [0.15, 0.2) is 0 Å². The third kappa shape index (κ3) is 2.34. The molecule has 2 N–H and O–H groups in total. The third-order valence-corrected chi connectivity index (χ3v) is 5.22. The van der Waals surface area contributed by atoms with Crippen LogP contribution in [0.1, 0.15) is 35.1 Å². The molecule has 4 rings (SSSR count). The van der Waals surface area contributed by atoms with Gasteiger partial charge in [-0.25, -0.2) is 4.39 Å². The van der Waals surface area contributed by atoms with Crippen LogP contribution in [0.25, 0.3) is 0 Å². The van der Waals surface area contributed by atoms with Gasteiger partial charge in [-0.3, -0.25) is 4.90 Å². The van der Waals surface area contributed by atoms with Crippen molar-refractivity contribution in [3.8, 4) is 0 Å². The second-order valence-corrected chi connectivity index (χ2v) is 6.53. The van der Waals surface area contributed by atoms with Crippen LogP contribution in [0.15, 0.2) is 48.5 Å². The third-order valence-electron chi connectivity index (χ3n) is 5.22. The molecule has 2 aliphatic rings. The second kappa shape index (κ2) is 5.49. The normalized spacial score (nSPS) is 28.0. The van der Waals surface area contributed by atoms with Crippen LogP contribution in [-0.2, 0) is 6.42 Å². The van der Waals surface area contributed by atoms with E-state index in [0.29, 0.717) is 12.0 Å². The Morgan fingerprint density at radius 3 is 2.68 bits per heavy atom. The second-order valence-electron chi connectivity index (χ2n) is 6.53. The smallest absolute Gasteiger partial charge is 0.123 e. The first-order valence-electron chi connectivity index (χ1n) is 8.05. The Balaban J connectivity index is 1.58. The van der Waals surface area contributed by atoms with Crippen LogP contribution in [0.4, 0.5) is 4.39 Å². The topological polar surface area (TPSA) is 29.3 Å². The van der Waals surface area contributed by atoms with E-state index < -0.39 is 0 Å². The molecule has 1 aliphatic carbocycles. The Morgan fingerprint density at radius 1 is 1.05 bits per heavy atom. The highest BCUT2D eigenvalue weighted by molar-refractivity contribution is 5.36. The van der Waals surface area contributed by atoms with Gasteiger partial charge in [0.05, 0.1) is 0 Å². The van der Waals surface area contributed by atoms with Gasteiger partial charge in [0, 0.05) is 31.1 Å². The highest BCUT2D eigenvalue weighted by atomic mass is 19.1. The summed E-state index contributed by atoms with van der Waals surface area (Å²) in [4.78, 5) is 2.45. The maximum atomic E-state index is 13.6. The molecule has 0 amide bonds. The lowest BCUT2D eigenvalue weighted by Gasteiger charge is -2.25. The van der Waals surface area contributed by atoms with Crippen LogP contribution in [0.2, 0.25) is 0 Å². The molecule has 3 heteroatoms. The number of halogens is 1. The summed E-state index contributed by atoms with van der Waals surface area (Å²) in [6, 6.07) is 16.2. The monoisotopic (exact) mass is 296 g/mol. The van der Waals surface area contributed by atoms with Crippen molar-refractivity contribution in [2.45, 2.75) is 30.8 Å². The number of benzene rings is 2. The molecule has 0 saturated carbocycles. The zero-order chi connectivity index (χ0) is 15.1. The summed E-state index contributed by atoms with van der Waals surface area (Å²) in [5, 5.41) is 0. The summed E-state index contributed by atoms with van der Waals surface area (Å²) in [6.07, 6.45) is 2.12. The number of fused-ring (bicyclic) bond motifs is 1. The maximum absolute atomic E-state index is 13.6. The molecule has 1 fully saturated rings. The van der Waals surface area contributed by atoms with Crippen LogP contribution < -0.4 is 5.73 Å². The van der Waals surface area contributed by atoms with Crippen molar-refractivity contribution in [2.75, 3.05) is 13.1 Å². The van der Waals surface area contributed by atoms with Gasteiger partial charge >= 0.3 is 0 Å². The minimum absolute atomic E-state index is 0.131. The average molecular weight is 296 g/mol. The molecular formula is C19H21FN2. The number of hydrogen-bond acceptors (Lipinski definition) is 2. The van der Waals surface area contributed by atoms with E-state index in [9.17, 15) is 4.39 Å². The summed E-state index contributed by atoms with van der Waals surface area (Å²) >= 11 is 0. The van der Waals surface area contributed by atoms with E-state index in [0.717, 1.165) is 25.9 Å². The van der Waals surface area contributed by atoms with Crippen molar-refractivity contribution in [3.63, 3.8) is 0 Å². The predicted molar refractivity (Wildman–Crippen MR) is 86.2 cm³/mol. The molecule has 114 valence electrons. The zero-order valence-corrected chi connectivity index (χ0v) is 12.6. The minimum Gasteiger partial charge on any atom is -0.326 e. The van der Waals surface area contributed by atoms with Gasteiger partial charge in [0.25, 0.3) is 0 Å². The Kier molecular flexibility index (Phi) is 3.47. The number of hydrogen-bond donors (Lipinski definition) is 1. The minimum atomic E-state index is -0.131. The summed E-state index contributed by atoms with van der Waals surface area (Å²) in [5.41, 5.74) is 10.2. The van der Waals surface area contributed by atoms with E-state index in [1.165, 1.54) is 16.7 Å². The van der Waals surface area contributed by atoms with Gasteiger partial charge in [-0.1, -0.05) is 36.4 Å². The van der Waals surface area contributed by atoms with Crippen molar-refractivity contribution < 1.29 is 4.39 Å². The first kappa shape index (κ1) is 13.9. The molecular weight excluding hydrogens is 275 g/mol. The molecule has 0 radical (unpaired) electrons. The van der Waals surface area contributed by atoms with Crippen LogP contribution >= 0.6 is 0 Å². The van der Waals surface area contributed by atoms with E-state index in [1.54, 1.807) is 12.1 Å². The number of likely N-dealkylation sites (tertiary alicyclic amines) is 1. The molecule has 0 aromatic heterocycles. The van der Waals surface area contributed by atoms with Crippen LogP contribution in [0.5, 0.6) is 0 Å². The Morgan fingerprint density at radius 2 is 1.86 bits per heavy atom. The predicted octanol–water partition coefficient (Wildman–Crippen LogP) is 3.24. The van der Waals surface area contributed by atoms with Gasteiger partial charge in [0.2, 0.25) is 0 Å². The number of rotatable bonds is 2. The maximum Gasteiger partial charge on any atom is 0.123 e. The fourth-order valence-corrected chi connectivity index (χ4v) is 4.10. The largest absolute Gasteiger partial charge is 0.326 e. The van der Waals surface area contributed by atoms with E-state index in [2.05, 4.69) is 29.2 Å². The standard InChI is InChI=1S/C19H21FN2/c20-15-8-6-14-7-9-19(16(14)10-15)22-11-17(18(21)12-22)13-4-2-1-3-5-13/h1-6,8,10,17-19H,7,9,11-12,21H2/t17-,18+,19?/m0/s1. The van der Waals surface area contributed by atoms with Crippen LogP contribution in [0, 0.1) is 5.82 Å². The summed E-state index contributed by atoms with van der Waals surface area (Å²) in [7, 11) is 0. The van der Waals surface area contributed by atoms with E-state index in [1.807, 2.05) is 12.1 Å². The lowest BCUT2D eigenvalue weighted by molar-refractivity contribution is 0.239. The highest BCUT2D eigenvalue weighted by Gasteiger charge is 2.37. The number of nitrogens with zero attached hydrogens (tertiary/aromatic N) is 1. The molecule has 0 spiro atoms. The number of aryl methyl sites for hydroxylation is 1. The molecule has 3 atom stereocenters. The van der Waals surface area contributed by atoms with Gasteiger partial charge in [-0.2, -0.15) is 0 Å². The Hall–Kier alpha value is -1.71. The molecule has 1 unspecified atom stereocenters. The molecule has 0 bridgehead atoms. The van der Waals surface area contributed by atoms with Crippen molar-refractivity contribution in [1.82, 2.24) is 4.90 Å². The van der Waals surface area contributed by atoms with Crippen molar-refractivity contribution >= 4 is 0 Å². The van der Waals surface area contributed by atoms with Crippen molar-refractivity contribution in [3.05, 3.63) is 71.0 Å². The summed E-state index contributed by atoms with van der Waals surface area (Å²) in [6.45, 7) is 1.85. The molecule has 2 aromatic carbocycles. The summed E-state index contributed by atoms with van der Waals surface area (Å²) < 4.78 is 13.6. The molecule has 22 heavy (non-hydrogen) atoms. The highest BCUT2D eigenvalue weighted by Crippen LogP contribution is 2.40. The van der Waals surface area contributed by atoms with E-state index >= 15 is 0 Å². The molecule has 2 nitrogen and oxygen atoms in total. The van der Waals surface area contributed by atoms with Gasteiger partial charge < -0.3 is 5.73 Å². The fourth-order valence-electron chi connectivity index (χ4n) is 4.10. The zero-order valence-electron chi connectivity index (χ0n) is 12.6. The lowest BCUT2D eigenvalue weighted by Crippen LogP contribution is -2.30.